The molecule has 0 spiro atoms. The molecule has 1 N–H and O–H groups in total. The molecule has 1 aliphatic rings. The summed E-state index contributed by atoms with van der Waals surface area (Å²) in [5, 5.41) is 8.30. The third-order valence-corrected chi connectivity index (χ3v) is 4.79. The molecule has 1 aromatic heterocycles. The number of aromatic nitrogens is 3. The highest BCUT2D eigenvalue weighted by Gasteiger charge is 2.18. The molecule has 2 heterocycles. The first-order valence-corrected chi connectivity index (χ1v) is 9.13. The van der Waals surface area contributed by atoms with E-state index in [0.29, 0.717) is 27.2 Å². The number of aromatic amines is 1. The summed E-state index contributed by atoms with van der Waals surface area (Å²) in [6, 6.07) is 5.21. The van der Waals surface area contributed by atoms with E-state index < -0.39 is 0 Å². The third-order valence-electron chi connectivity index (χ3n) is 3.94. The fraction of sp³-hybridized carbons (Fsp3) is 0.500. The number of rotatable bonds is 7. The van der Waals surface area contributed by atoms with Crippen molar-refractivity contribution in [2.75, 3.05) is 13.2 Å². The maximum absolute atomic E-state index is 6.09. The lowest BCUT2D eigenvalue weighted by Gasteiger charge is -2.12. The lowest BCUT2D eigenvalue weighted by Crippen LogP contribution is -2.17. The van der Waals surface area contributed by atoms with Gasteiger partial charge >= 0.3 is 0 Å². The zero-order chi connectivity index (χ0) is 16.9. The highest BCUT2D eigenvalue weighted by molar-refractivity contribution is 7.71. The molecule has 130 valence electrons. The second-order valence-corrected chi connectivity index (χ2v) is 6.95. The van der Waals surface area contributed by atoms with Gasteiger partial charge in [-0.1, -0.05) is 23.2 Å². The van der Waals surface area contributed by atoms with E-state index in [1.54, 1.807) is 18.2 Å². The molecule has 5 nitrogen and oxygen atoms in total. The molecule has 0 radical (unpaired) electrons. The van der Waals surface area contributed by atoms with Crippen molar-refractivity contribution in [3.8, 4) is 5.75 Å². The van der Waals surface area contributed by atoms with Gasteiger partial charge in [0.05, 0.1) is 24.3 Å². The molecule has 1 fully saturated rings. The maximum atomic E-state index is 6.09. The van der Waals surface area contributed by atoms with Gasteiger partial charge in [0.15, 0.2) is 4.77 Å². The van der Waals surface area contributed by atoms with Gasteiger partial charge in [-0.05, 0) is 49.7 Å². The first-order valence-electron chi connectivity index (χ1n) is 7.97. The highest BCUT2D eigenvalue weighted by atomic mass is 35.5. The Bertz CT molecular complexity index is 741. The van der Waals surface area contributed by atoms with Gasteiger partial charge in [-0.2, -0.15) is 5.10 Å². The van der Waals surface area contributed by atoms with Crippen LogP contribution in [0.1, 0.15) is 25.1 Å². The van der Waals surface area contributed by atoms with Crippen molar-refractivity contribution in [3.63, 3.8) is 0 Å². The molecular weight excluding hydrogens is 369 g/mol. The Morgan fingerprint density at radius 2 is 2.29 bits per heavy atom. The molecule has 0 aliphatic carbocycles. The molecule has 2 aromatic rings. The van der Waals surface area contributed by atoms with Crippen molar-refractivity contribution >= 4 is 35.4 Å². The number of hydrogen-bond acceptors (Lipinski definition) is 4. The Labute approximate surface area is 155 Å². The minimum Gasteiger partial charge on any atom is -0.492 e. The van der Waals surface area contributed by atoms with E-state index in [1.807, 2.05) is 4.57 Å². The number of ether oxygens (including phenoxy) is 2. The number of aryl methyl sites for hydroxylation is 1. The van der Waals surface area contributed by atoms with Gasteiger partial charge < -0.3 is 14.0 Å². The smallest absolute Gasteiger partial charge is 0.195 e. The van der Waals surface area contributed by atoms with Crippen LogP contribution in [0.15, 0.2) is 18.2 Å². The Morgan fingerprint density at radius 3 is 3.04 bits per heavy atom. The van der Waals surface area contributed by atoms with Crippen molar-refractivity contribution in [2.45, 2.75) is 38.3 Å². The van der Waals surface area contributed by atoms with Crippen LogP contribution in [0.25, 0.3) is 0 Å². The van der Waals surface area contributed by atoms with Gasteiger partial charge in [-0.25, -0.2) is 0 Å². The van der Waals surface area contributed by atoms with E-state index >= 15 is 0 Å². The van der Waals surface area contributed by atoms with E-state index in [1.165, 1.54) is 0 Å². The molecule has 1 atom stereocenters. The Kier molecular flexibility index (Phi) is 6.16. The zero-order valence-electron chi connectivity index (χ0n) is 13.1. The number of halogens is 2. The normalized spacial score (nSPS) is 17.3. The van der Waals surface area contributed by atoms with Crippen molar-refractivity contribution in [2.24, 2.45) is 0 Å². The van der Waals surface area contributed by atoms with Crippen LogP contribution in [0, 0.1) is 4.77 Å². The van der Waals surface area contributed by atoms with Crippen LogP contribution in [-0.2, 0) is 17.7 Å². The Balaban J connectivity index is 1.52. The van der Waals surface area contributed by atoms with Crippen molar-refractivity contribution in [1.82, 2.24) is 14.8 Å². The first-order chi connectivity index (χ1) is 11.6. The Morgan fingerprint density at radius 1 is 1.42 bits per heavy atom. The van der Waals surface area contributed by atoms with Gasteiger partial charge in [0.2, 0.25) is 0 Å². The predicted molar refractivity (Wildman–Crippen MR) is 96.7 cm³/mol. The Hall–Kier alpha value is -1.08. The summed E-state index contributed by atoms with van der Waals surface area (Å²) in [7, 11) is 0. The second kappa shape index (κ2) is 8.34. The number of nitrogens with zero attached hydrogens (tertiary/aromatic N) is 2. The lowest BCUT2D eigenvalue weighted by molar-refractivity contribution is 0.0958. The highest BCUT2D eigenvalue weighted by Crippen LogP contribution is 2.27. The van der Waals surface area contributed by atoms with E-state index in [-0.39, 0.29) is 6.10 Å². The van der Waals surface area contributed by atoms with Gasteiger partial charge in [0.1, 0.15) is 11.6 Å². The van der Waals surface area contributed by atoms with Gasteiger partial charge in [-0.3, -0.25) is 5.10 Å². The van der Waals surface area contributed by atoms with Crippen LogP contribution in [0.5, 0.6) is 5.75 Å². The van der Waals surface area contributed by atoms with E-state index in [2.05, 4.69) is 10.2 Å². The van der Waals surface area contributed by atoms with E-state index in [4.69, 9.17) is 44.9 Å². The summed E-state index contributed by atoms with van der Waals surface area (Å²) in [6.07, 6.45) is 4.00. The zero-order valence-corrected chi connectivity index (χ0v) is 15.5. The molecule has 0 amide bonds. The summed E-state index contributed by atoms with van der Waals surface area (Å²) in [5.41, 5.74) is 0. The molecule has 8 heteroatoms. The number of H-pyrrole nitrogens is 1. The second-order valence-electron chi connectivity index (χ2n) is 5.72. The predicted octanol–water partition coefficient (Wildman–Crippen LogP) is 4.44. The summed E-state index contributed by atoms with van der Waals surface area (Å²) in [5.74, 6) is 1.57. The molecule has 1 saturated heterocycles. The molecule has 1 unspecified atom stereocenters. The number of nitrogens with one attached hydrogen (secondary N) is 1. The van der Waals surface area contributed by atoms with Crippen LogP contribution in [-0.4, -0.2) is 34.1 Å². The SMILES string of the molecule is S=c1[nH]nc(CCCOc2ccc(Cl)cc2Cl)n1CC1CCCO1. The molecule has 1 aromatic carbocycles. The minimum atomic E-state index is 0.233. The molecule has 24 heavy (non-hydrogen) atoms. The third kappa shape index (κ3) is 4.51. The monoisotopic (exact) mass is 387 g/mol. The standard InChI is InChI=1S/C16H19Cl2N3O2S/c17-11-5-6-14(13(18)9-11)23-8-2-4-15-19-20-16(24)21(15)10-12-3-1-7-22-12/h5-6,9,12H,1-4,7-8,10H2,(H,20,24). The largest absolute Gasteiger partial charge is 0.492 e. The van der Waals surface area contributed by atoms with Crippen molar-refractivity contribution in [1.29, 1.82) is 0 Å². The summed E-state index contributed by atoms with van der Waals surface area (Å²) in [6.45, 7) is 2.14. The van der Waals surface area contributed by atoms with Crippen LogP contribution in [0.4, 0.5) is 0 Å². The van der Waals surface area contributed by atoms with Crippen LogP contribution in [0.3, 0.4) is 0 Å². The molecule has 1 aliphatic heterocycles. The van der Waals surface area contributed by atoms with Gasteiger partial charge in [0, 0.05) is 18.1 Å². The maximum Gasteiger partial charge on any atom is 0.195 e. The first kappa shape index (κ1) is 17.7. The fourth-order valence-electron chi connectivity index (χ4n) is 2.73. The lowest BCUT2D eigenvalue weighted by atomic mass is 10.2. The van der Waals surface area contributed by atoms with Crippen LogP contribution < -0.4 is 4.74 Å². The average Bonchev–Trinajstić information content (AvgIpc) is 3.18. The molecule has 3 rings (SSSR count). The van der Waals surface area contributed by atoms with Crippen molar-refractivity contribution < 1.29 is 9.47 Å². The molecular formula is C16H19Cl2N3O2S. The molecule has 0 saturated carbocycles. The van der Waals surface area contributed by atoms with E-state index in [9.17, 15) is 0 Å². The van der Waals surface area contributed by atoms with Crippen molar-refractivity contribution in [3.05, 3.63) is 38.8 Å². The van der Waals surface area contributed by atoms with Gasteiger partial charge in [-0.15, -0.1) is 0 Å². The van der Waals surface area contributed by atoms with E-state index in [0.717, 1.165) is 44.7 Å². The topological polar surface area (TPSA) is 52.1 Å². The number of hydrogen-bond donors (Lipinski definition) is 1. The minimum absolute atomic E-state index is 0.233. The van der Waals surface area contributed by atoms with Crippen LogP contribution >= 0.6 is 35.4 Å². The summed E-state index contributed by atoms with van der Waals surface area (Å²) < 4.78 is 14.1. The molecule has 0 bridgehead atoms. The summed E-state index contributed by atoms with van der Waals surface area (Å²) in [4.78, 5) is 0. The van der Waals surface area contributed by atoms with Gasteiger partial charge in [0.25, 0.3) is 0 Å². The summed E-state index contributed by atoms with van der Waals surface area (Å²) >= 11 is 17.3. The average molecular weight is 388 g/mol. The van der Waals surface area contributed by atoms with Crippen LogP contribution in [0.2, 0.25) is 10.0 Å². The number of benzene rings is 1. The quantitative estimate of drug-likeness (QED) is 0.563. The fourth-order valence-corrected chi connectivity index (χ4v) is 3.41.